The summed E-state index contributed by atoms with van der Waals surface area (Å²) in [5.74, 6) is -0.0756. The number of hydrogen-bond donors (Lipinski definition) is 2. The van der Waals surface area contributed by atoms with Crippen LogP contribution in [0.3, 0.4) is 0 Å². The number of H-pyrrole nitrogens is 1. The van der Waals surface area contributed by atoms with Gasteiger partial charge in [0.15, 0.2) is 0 Å². The Morgan fingerprint density at radius 1 is 1.57 bits per heavy atom. The molecule has 7 nitrogen and oxygen atoms in total. The Hall–Kier alpha value is 0.200. The summed E-state index contributed by atoms with van der Waals surface area (Å²) < 4.78 is 22.9. The van der Waals surface area contributed by atoms with Crippen molar-refractivity contribution < 1.29 is 8.42 Å². The first-order valence-corrected chi connectivity index (χ1v) is 5.60. The van der Waals surface area contributed by atoms with Gasteiger partial charge >= 0.3 is 0 Å². The third-order valence-electron chi connectivity index (χ3n) is 1.34. The van der Waals surface area contributed by atoms with E-state index in [1.165, 1.54) is 4.68 Å². The number of aryl methyl sites for hydroxylation is 1. The molecule has 1 aromatic heterocycles. The van der Waals surface area contributed by atoms with Crippen molar-refractivity contribution in [3.05, 3.63) is 4.77 Å². The van der Waals surface area contributed by atoms with Gasteiger partial charge in [0, 0.05) is 36.1 Å². The minimum Gasteiger partial charge on any atom is -0.242 e. The number of primary sulfonamides is 1. The topological polar surface area (TPSA) is 107 Å². The maximum atomic E-state index is 10.5. The molecule has 75 valence electrons. The summed E-state index contributed by atoms with van der Waals surface area (Å²) in [7, 11) is -3.39. The van der Waals surface area contributed by atoms with Gasteiger partial charge in [-0.3, -0.25) is 0 Å². The van der Waals surface area contributed by atoms with Crippen LogP contribution in [0.25, 0.3) is 0 Å². The van der Waals surface area contributed by atoms with Crippen LogP contribution >= 0.6 is 12.2 Å². The molecule has 1 radical (unpaired) electrons. The largest absolute Gasteiger partial charge is 0.242 e. The molecule has 10 heteroatoms. The van der Waals surface area contributed by atoms with Crippen LogP contribution in [0.15, 0.2) is 0 Å². The first kappa shape index (κ1) is 14.2. The van der Waals surface area contributed by atoms with Crippen LogP contribution in [0.1, 0.15) is 6.42 Å². The Bertz CT molecular complexity index is 423. The summed E-state index contributed by atoms with van der Waals surface area (Å²) in [6.45, 7) is 0.419. The molecule has 0 unspecified atom stereocenters. The van der Waals surface area contributed by atoms with Gasteiger partial charge in [0.05, 0.1) is 5.75 Å². The molecule has 0 spiro atoms. The number of aromatic nitrogens is 4. The predicted octanol–water partition coefficient (Wildman–Crippen LogP) is -1.37. The van der Waals surface area contributed by atoms with Crippen molar-refractivity contribution in [1.82, 2.24) is 20.2 Å². The summed E-state index contributed by atoms with van der Waals surface area (Å²) in [6.07, 6.45) is 0.386. The van der Waals surface area contributed by atoms with E-state index in [4.69, 9.17) is 17.4 Å². The zero-order chi connectivity index (χ0) is 9.90. The van der Waals surface area contributed by atoms with Gasteiger partial charge < -0.3 is 0 Å². The monoisotopic (exact) mass is 246 g/mol. The summed E-state index contributed by atoms with van der Waals surface area (Å²) in [6, 6.07) is 0. The van der Waals surface area contributed by atoms with Crippen LogP contribution in [0.5, 0.6) is 0 Å². The first-order chi connectivity index (χ1) is 5.99. The van der Waals surface area contributed by atoms with Gasteiger partial charge in [-0.2, -0.15) is 5.21 Å². The van der Waals surface area contributed by atoms with E-state index in [-0.39, 0.29) is 35.3 Å². The van der Waals surface area contributed by atoms with Crippen LogP contribution in [0.4, 0.5) is 0 Å². The number of sulfonamides is 1. The van der Waals surface area contributed by atoms with E-state index in [1.807, 2.05) is 0 Å². The molecular formula is C4H9N5NaO2S2. The molecule has 0 aliphatic rings. The first-order valence-electron chi connectivity index (χ1n) is 3.47. The van der Waals surface area contributed by atoms with E-state index in [0.29, 0.717) is 17.7 Å². The number of nitrogens with one attached hydrogen (secondary N) is 1. The molecule has 1 heterocycles. The van der Waals surface area contributed by atoms with Crippen LogP contribution in [0, 0.1) is 4.77 Å². The number of rotatable bonds is 4. The Morgan fingerprint density at radius 2 is 2.21 bits per heavy atom. The van der Waals surface area contributed by atoms with Crippen molar-refractivity contribution in [2.75, 3.05) is 5.75 Å². The SMILES string of the molecule is NS(=O)(=O)CCCn1[nH]nnc1=S.[Na]. The average molecular weight is 246 g/mol. The third kappa shape index (κ3) is 5.17. The molecule has 0 aliphatic heterocycles. The minimum absolute atomic E-state index is 0. The smallest absolute Gasteiger partial charge is 0.238 e. The second-order valence-electron chi connectivity index (χ2n) is 2.45. The van der Waals surface area contributed by atoms with Crippen molar-refractivity contribution in [2.24, 2.45) is 5.14 Å². The molecule has 0 saturated heterocycles. The standard InChI is InChI=1S/C4H9N5O2S2.Na/c5-13(10,11)3-1-2-9-4(12)6-7-8-9;/h1-3H2,(H2,5,10,11)(H,6,8,12);. The van der Waals surface area contributed by atoms with Gasteiger partial charge in [0.2, 0.25) is 14.8 Å². The molecule has 0 bridgehead atoms. The molecule has 0 aliphatic carbocycles. The van der Waals surface area contributed by atoms with E-state index >= 15 is 0 Å². The van der Waals surface area contributed by atoms with E-state index in [2.05, 4.69) is 15.5 Å². The predicted molar refractivity (Wildman–Crippen MR) is 53.6 cm³/mol. The number of nitrogens with zero attached hydrogens (tertiary/aromatic N) is 3. The Morgan fingerprint density at radius 3 is 2.64 bits per heavy atom. The van der Waals surface area contributed by atoms with Gasteiger partial charge in [-0.1, -0.05) is 10.3 Å². The van der Waals surface area contributed by atoms with Gasteiger partial charge in [0.25, 0.3) is 0 Å². The average Bonchev–Trinajstić information content (AvgIpc) is 2.34. The van der Waals surface area contributed by atoms with Crippen LogP contribution < -0.4 is 5.14 Å². The molecule has 0 aromatic carbocycles. The molecule has 0 saturated carbocycles. The van der Waals surface area contributed by atoms with Crippen molar-refractivity contribution >= 4 is 51.8 Å². The summed E-state index contributed by atoms with van der Waals surface area (Å²) in [4.78, 5) is 0. The fraction of sp³-hybridized carbons (Fsp3) is 0.750. The van der Waals surface area contributed by atoms with Crippen LogP contribution in [0.2, 0.25) is 0 Å². The van der Waals surface area contributed by atoms with Crippen molar-refractivity contribution in [2.45, 2.75) is 13.0 Å². The van der Waals surface area contributed by atoms with E-state index < -0.39 is 10.0 Å². The van der Waals surface area contributed by atoms with Gasteiger partial charge in [-0.25, -0.2) is 18.2 Å². The molecule has 1 rings (SSSR count). The number of hydrogen-bond acceptors (Lipinski definition) is 5. The molecule has 0 fully saturated rings. The van der Waals surface area contributed by atoms with Crippen molar-refractivity contribution in [1.29, 1.82) is 0 Å². The van der Waals surface area contributed by atoms with Crippen molar-refractivity contribution in [3.63, 3.8) is 0 Å². The Labute approximate surface area is 108 Å². The molecule has 1 aromatic rings. The van der Waals surface area contributed by atoms with Crippen LogP contribution in [-0.4, -0.2) is 63.9 Å². The Balaban J connectivity index is 0.00000169. The fourth-order valence-corrected chi connectivity index (χ4v) is 1.49. The second-order valence-corrected chi connectivity index (χ2v) is 4.55. The Kier molecular flexibility index (Phi) is 6.02. The maximum absolute atomic E-state index is 10.5. The summed E-state index contributed by atoms with van der Waals surface area (Å²) >= 11 is 4.77. The fourth-order valence-electron chi connectivity index (χ4n) is 0.785. The van der Waals surface area contributed by atoms with E-state index in [9.17, 15) is 8.42 Å². The maximum Gasteiger partial charge on any atom is 0.238 e. The number of tetrazole rings is 1. The van der Waals surface area contributed by atoms with Gasteiger partial charge in [0.1, 0.15) is 0 Å². The third-order valence-corrected chi connectivity index (χ3v) is 2.50. The van der Waals surface area contributed by atoms with E-state index in [1.54, 1.807) is 0 Å². The van der Waals surface area contributed by atoms with Crippen molar-refractivity contribution in [3.8, 4) is 0 Å². The minimum atomic E-state index is -3.39. The van der Waals surface area contributed by atoms with Gasteiger partial charge in [-0.15, -0.1) is 0 Å². The zero-order valence-electron chi connectivity index (χ0n) is 7.67. The number of nitrogens with two attached hydrogens (primary N) is 1. The summed E-state index contributed by atoms with van der Waals surface area (Å²) in [5, 5.41) is 14.3. The number of aromatic amines is 1. The van der Waals surface area contributed by atoms with E-state index in [0.717, 1.165) is 0 Å². The second kappa shape index (κ2) is 5.93. The molecule has 3 N–H and O–H groups in total. The molecule has 0 atom stereocenters. The quantitative estimate of drug-likeness (QED) is 0.503. The molecule has 14 heavy (non-hydrogen) atoms. The normalized spacial score (nSPS) is 10.9. The van der Waals surface area contributed by atoms with Crippen LogP contribution in [-0.2, 0) is 16.6 Å². The molecular weight excluding hydrogens is 237 g/mol. The van der Waals surface area contributed by atoms with Gasteiger partial charge in [-0.05, 0) is 18.6 Å². The molecule has 0 amide bonds. The summed E-state index contributed by atoms with van der Waals surface area (Å²) in [5.41, 5.74) is 0. The zero-order valence-corrected chi connectivity index (χ0v) is 11.3.